The Kier molecular flexibility index (Phi) is 4.00. The van der Waals surface area contributed by atoms with Gasteiger partial charge in [0.15, 0.2) is 5.69 Å². The number of aromatic nitrogens is 3. The summed E-state index contributed by atoms with van der Waals surface area (Å²) in [5.41, 5.74) is 3.39. The number of nitrogens with zero attached hydrogens (tertiary/aromatic N) is 3. The van der Waals surface area contributed by atoms with Gasteiger partial charge in [-0.05, 0) is 41.8 Å². The summed E-state index contributed by atoms with van der Waals surface area (Å²) in [7, 11) is 0. The Morgan fingerprint density at radius 2 is 2.12 bits per heavy atom. The topological polar surface area (TPSA) is 80.0 Å². The van der Waals surface area contributed by atoms with Crippen molar-refractivity contribution in [1.82, 2.24) is 20.3 Å². The van der Waals surface area contributed by atoms with E-state index in [0.717, 1.165) is 11.1 Å². The van der Waals surface area contributed by atoms with Crippen molar-refractivity contribution in [2.45, 2.75) is 25.5 Å². The second kappa shape index (κ2) is 6.34. The van der Waals surface area contributed by atoms with Crippen molar-refractivity contribution < 1.29 is 14.3 Å². The van der Waals surface area contributed by atoms with Crippen LogP contribution in [0.3, 0.4) is 0 Å². The van der Waals surface area contributed by atoms with Gasteiger partial charge < -0.3 is 10.4 Å². The Balaban J connectivity index is 1.56. The second-order valence-corrected chi connectivity index (χ2v) is 6.40. The molecular formula is C19H17FN4O2. The summed E-state index contributed by atoms with van der Waals surface area (Å²) in [6, 6.07) is 11.5. The van der Waals surface area contributed by atoms with E-state index >= 15 is 0 Å². The van der Waals surface area contributed by atoms with Gasteiger partial charge >= 0.3 is 0 Å². The summed E-state index contributed by atoms with van der Waals surface area (Å²) >= 11 is 0. The van der Waals surface area contributed by atoms with Gasteiger partial charge in [0.1, 0.15) is 5.82 Å². The van der Waals surface area contributed by atoms with E-state index < -0.39 is 18.1 Å². The van der Waals surface area contributed by atoms with E-state index in [0.29, 0.717) is 17.7 Å². The van der Waals surface area contributed by atoms with Crippen molar-refractivity contribution in [3.05, 3.63) is 76.9 Å². The number of carbonyl (C=O) groups excluding carboxylic acids is 1. The van der Waals surface area contributed by atoms with E-state index in [1.165, 1.54) is 23.0 Å². The van der Waals surface area contributed by atoms with Gasteiger partial charge in [-0.25, -0.2) is 9.07 Å². The molecule has 0 spiro atoms. The van der Waals surface area contributed by atoms with Gasteiger partial charge in [-0.2, -0.15) is 0 Å². The molecule has 0 saturated heterocycles. The molecule has 7 heteroatoms. The molecule has 0 radical (unpaired) electrons. The summed E-state index contributed by atoms with van der Waals surface area (Å²) in [6.07, 6.45) is 1.32. The average molecular weight is 352 g/mol. The van der Waals surface area contributed by atoms with E-state index in [4.69, 9.17) is 0 Å². The number of carbonyl (C=O) groups is 1. The van der Waals surface area contributed by atoms with Gasteiger partial charge in [0.2, 0.25) is 0 Å². The van der Waals surface area contributed by atoms with Gasteiger partial charge in [-0.1, -0.05) is 29.5 Å². The number of hydrogen-bond acceptors (Lipinski definition) is 4. The van der Waals surface area contributed by atoms with Gasteiger partial charge in [0.05, 0.1) is 24.0 Å². The second-order valence-electron chi connectivity index (χ2n) is 6.40. The van der Waals surface area contributed by atoms with Crippen molar-refractivity contribution in [2.24, 2.45) is 0 Å². The molecule has 1 aromatic heterocycles. The fourth-order valence-electron chi connectivity index (χ4n) is 3.32. The molecule has 1 aliphatic rings. The third-order valence-corrected chi connectivity index (χ3v) is 4.62. The van der Waals surface area contributed by atoms with Crippen LogP contribution < -0.4 is 5.32 Å². The molecule has 4 rings (SSSR count). The van der Waals surface area contributed by atoms with Crippen LogP contribution in [0.25, 0.3) is 5.69 Å². The van der Waals surface area contributed by atoms with Crippen molar-refractivity contribution in [1.29, 1.82) is 0 Å². The van der Waals surface area contributed by atoms with Gasteiger partial charge in [-0.3, -0.25) is 4.79 Å². The van der Waals surface area contributed by atoms with E-state index in [9.17, 15) is 14.3 Å². The molecule has 0 bridgehead atoms. The standard InChI is InChI=1S/C19H17FN4O2/c1-11-8-13(20)6-7-16(11)24-10-15(22-23-24)19(26)21-18-14-5-3-2-4-12(14)9-17(18)25/h2-8,10,17-18,25H,9H2,1H3,(H,21,26)/t17-,18+/m1/s1. The highest BCUT2D eigenvalue weighted by Crippen LogP contribution is 2.31. The molecule has 132 valence electrons. The molecule has 1 amide bonds. The molecule has 26 heavy (non-hydrogen) atoms. The zero-order chi connectivity index (χ0) is 18.3. The summed E-state index contributed by atoms with van der Waals surface area (Å²) in [6.45, 7) is 1.76. The molecule has 1 aliphatic carbocycles. The summed E-state index contributed by atoms with van der Waals surface area (Å²) < 4.78 is 14.7. The number of hydrogen-bond donors (Lipinski definition) is 2. The lowest BCUT2D eigenvalue weighted by molar-refractivity contribution is 0.0853. The third kappa shape index (κ3) is 2.86. The lowest BCUT2D eigenvalue weighted by Crippen LogP contribution is -2.34. The summed E-state index contributed by atoms with van der Waals surface area (Å²) in [5.74, 6) is -0.755. The molecule has 0 aliphatic heterocycles. The lowest BCUT2D eigenvalue weighted by atomic mass is 10.1. The van der Waals surface area contributed by atoms with Crippen molar-refractivity contribution in [3.63, 3.8) is 0 Å². The molecule has 2 atom stereocenters. The fraction of sp³-hybridized carbons (Fsp3) is 0.211. The number of aryl methyl sites for hydroxylation is 1. The van der Waals surface area contributed by atoms with Crippen LogP contribution in [0.15, 0.2) is 48.7 Å². The molecule has 0 fully saturated rings. The number of rotatable bonds is 3. The lowest BCUT2D eigenvalue weighted by Gasteiger charge is -2.17. The quantitative estimate of drug-likeness (QED) is 0.757. The monoisotopic (exact) mass is 352 g/mol. The van der Waals surface area contributed by atoms with Crippen LogP contribution in [0.4, 0.5) is 4.39 Å². The highest BCUT2D eigenvalue weighted by atomic mass is 19.1. The Bertz CT molecular complexity index is 985. The highest BCUT2D eigenvalue weighted by molar-refractivity contribution is 5.92. The summed E-state index contributed by atoms with van der Waals surface area (Å²) in [4.78, 5) is 12.5. The van der Waals surface area contributed by atoms with E-state index in [1.54, 1.807) is 13.0 Å². The Morgan fingerprint density at radius 1 is 1.31 bits per heavy atom. The van der Waals surface area contributed by atoms with Crippen LogP contribution in [0.5, 0.6) is 0 Å². The van der Waals surface area contributed by atoms with Gasteiger partial charge in [-0.15, -0.1) is 5.10 Å². The van der Waals surface area contributed by atoms with Crippen LogP contribution in [0.2, 0.25) is 0 Å². The first-order valence-corrected chi connectivity index (χ1v) is 8.28. The van der Waals surface area contributed by atoms with Crippen LogP contribution >= 0.6 is 0 Å². The smallest absolute Gasteiger partial charge is 0.274 e. The number of benzene rings is 2. The number of aliphatic hydroxyl groups is 1. The van der Waals surface area contributed by atoms with Crippen LogP contribution in [0, 0.1) is 12.7 Å². The van der Waals surface area contributed by atoms with E-state index in [1.807, 2.05) is 24.3 Å². The van der Waals surface area contributed by atoms with Crippen molar-refractivity contribution in [3.8, 4) is 5.69 Å². The van der Waals surface area contributed by atoms with Gasteiger partial charge in [0.25, 0.3) is 5.91 Å². The number of nitrogens with one attached hydrogen (secondary N) is 1. The normalized spacial score (nSPS) is 18.6. The maximum Gasteiger partial charge on any atom is 0.274 e. The molecule has 1 heterocycles. The van der Waals surface area contributed by atoms with Crippen LogP contribution in [0.1, 0.15) is 33.2 Å². The largest absolute Gasteiger partial charge is 0.390 e. The predicted molar refractivity (Wildman–Crippen MR) is 92.4 cm³/mol. The highest BCUT2D eigenvalue weighted by Gasteiger charge is 2.32. The number of halogens is 1. The number of fused-ring (bicyclic) bond motifs is 1. The first-order chi connectivity index (χ1) is 12.5. The van der Waals surface area contributed by atoms with Crippen LogP contribution in [-0.2, 0) is 6.42 Å². The SMILES string of the molecule is Cc1cc(F)ccc1-n1cc(C(=O)N[C@H]2c3ccccc3C[C@H]2O)nn1. The third-order valence-electron chi connectivity index (χ3n) is 4.62. The maximum atomic E-state index is 13.2. The number of amides is 1. The van der Waals surface area contributed by atoms with Crippen molar-refractivity contribution >= 4 is 5.91 Å². The number of aliphatic hydroxyl groups excluding tert-OH is 1. The zero-order valence-electron chi connectivity index (χ0n) is 14.1. The molecule has 2 N–H and O–H groups in total. The van der Waals surface area contributed by atoms with E-state index in [-0.39, 0.29) is 11.5 Å². The molecule has 2 aromatic carbocycles. The minimum atomic E-state index is -0.675. The molecular weight excluding hydrogens is 335 g/mol. The zero-order valence-corrected chi connectivity index (χ0v) is 14.1. The van der Waals surface area contributed by atoms with Crippen LogP contribution in [-0.4, -0.2) is 32.1 Å². The maximum absolute atomic E-state index is 13.2. The minimum Gasteiger partial charge on any atom is -0.390 e. The predicted octanol–water partition coefficient (Wildman–Crippen LogP) is 2.10. The van der Waals surface area contributed by atoms with Crippen molar-refractivity contribution in [2.75, 3.05) is 0 Å². The Morgan fingerprint density at radius 3 is 2.92 bits per heavy atom. The Labute approximate surface area is 149 Å². The fourth-order valence-corrected chi connectivity index (χ4v) is 3.32. The summed E-state index contributed by atoms with van der Waals surface area (Å²) in [5, 5.41) is 20.9. The van der Waals surface area contributed by atoms with Gasteiger partial charge in [0, 0.05) is 6.42 Å². The average Bonchev–Trinajstić information content (AvgIpc) is 3.20. The molecule has 0 unspecified atom stereocenters. The molecule has 0 saturated carbocycles. The minimum absolute atomic E-state index is 0.130. The first kappa shape index (κ1) is 16.4. The molecule has 6 nitrogen and oxygen atoms in total. The molecule has 3 aromatic rings. The first-order valence-electron chi connectivity index (χ1n) is 8.28. The van der Waals surface area contributed by atoms with E-state index in [2.05, 4.69) is 15.6 Å². The Hall–Kier alpha value is -3.06.